The van der Waals surface area contributed by atoms with E-state index < -0.39 is 5.97 Å². The van der Waals surface area contributed by atoms with Gasteiger partial charge in [-0.2, -0.15) is 0 Å². The summed E-state index contributed by atoms with van der Waals surface area (Å²) < 4.78 is 0. The van der Waals surface area contributed by atoms with Gasteiger partial charge in [0.2, 0.25) is 0 Å². The molecule has 1 saturated carbocycles. The Hall–Kier alpha value is -1.53. The molecule has 1 rings (SSSR count). The van der Waals surface area contributed by atoms with Crippen LogP contribution in [0.2, 0.25) is 0 Å². The summed E-state index contributed by atoms with van der Waals surface area (Å²) in [5.41, 5.74) is -0.282. The normalized spacial score (nSPS) is 24.3. The Morgan fingerprint density at radius 1 is 1.47 bits per heavy atom. The maximum absolute atomic E-state index is 10.8. The fourth-order valence-electron chi connectivity index (χ4n) is 2.28. The lowest BCUT2D eigenvalue weighted by molar-refractivity contribution is -0.949. The summed E-state index contributed by atoms with van der Waals surface area (Å²) in [4.78, 5) is 16.7. The first-order valence-corrected chi connectivity index (χ1v) is 6.61. The van der Waals surface area contributed by atoms with E-state index in [1.165, 1.54) is 0 Å². The Morgan fingerprint density at radius 2 is 2.11 bits per heavy atom. The molecule has 0 aliphatic heterocycles. The number of nitrogens with zero attached hydrogens (tertiary/aromatic N) is 3. The third kappa shape index (κ3) is 4.25. The lowest BCUT2D eigenvalue weighted by Gasteiger charge is -2.24. The van der Waals surface area contributed by atoms with Crippen LogP contribution in [0.15, 0.2) is 5.28 Å². The Balaban J connectivity index is 2.55. The van der Waals surface area contributed by atoms with E-state index in [0.717, 1.165) is 0 Å². The average molecular weight is 274 g/mol. The standard InChI is InChI=1S/C12H23N3O4/c1-5-14(12(2,3)4)15(18)13-19-10-7-6-9(8-10)11(16)17/h9-10H,5-8H2,1-4H3,(H-,13,16,17,18)/p+1/t9-,10+/m1/s1. The smallest absolute Gasteiger partial charge is 0.306 e. The predicted molar refractivity (Wildman–Crippen MR) is 66.5 cm³/mol. The third-order valence-corrected chi connectivity index (χ3v) is 3.29. The summed E-state index contributed by atoms with van der Waals surface area (Å²) >= 11 is 0. The average Bonchev–Trinajstić information content (AvgIpc) is 2.74. The van der Waals surface area contributed by atoms with Crippen molar-refractivity contribution in [3.8, 4) is 0 Å². The van der Waals surface area contributed by atoms with Gasteiger partial charge in [-0.25, -0.2) is 5.21 Å². The van der Waals surface area contributed by atoms with Crippen LogP contribution in [-0.2, 0) is 9.63 Å². The van der Waals surface area contributed by atoms with Gasteiger partial charge in [0.1, 0.15) is 6.10 Å². The highest BCUT2D eigenvalue weighted by molar-refractivity contribution is 5.70. The number of carboxylic acids is 1. The van der Waals surface area contributed by atoms with E-state index >= 15 is 0 Å². The maximum Gasteiger partial charge on any atom is 0.306 e. The van der Waals surface area contributed by atoms with E-state index in [1.54, 1.807) is 5.01 Å². The van der Waals surface area contributed by atoms with Crippen molar-refractivity contribution in [1.29, 1.82) is 0 Å². The van der Waals surface area contributed by atoms with Crippen LogP contribution in [0.25, 0.3) is 0 Å². The third-order valence-electron chi connectivity index (χ3n) is 3.29. The van der Waals surface area contributed by atoms with Crippen LogP contribution in [0.1, 0.15) is 47.0 Å². The van der Waals surface area contributed by atoms with Crippen molar-refractivity contribution >= 4 is 5.97 Å². The van der Waals surface area contributed by atoms with Crippen molar-refractivity contribution in [1.82, 2.24) is 5.01 Å². The van der Waals surface area contributed by atoms with Gasteiger partial charge in [0.05, 0.1) is 18.0 Å². The van der Waals surface area contributed by atoms with Gasteiger partial charge in [0, 0.05) is 6.42 Å². The lowest BCUT2D eigenvalue weighted by Crippen LogP contribution is -2.46. The number of carbonyl (C=O) groups is 1. The highest BCUT2D eigenvalue weighted by Crippen LogP contribution is 2.28. The van der Waals surface area contributed by atoms with Crippen molar-refractivity contribution in [2.45, 2.75) is 58.6 Å². The van der Waals surface area contributed by atoms with Crippen molar-refractivity contribution in [3.63, 3.8) is 0 Å². The summed E-state index contributed by atoms with van der Waals surface area (Å²) in [5.74, 6) is -1.16. The Bertz CT molecular complexity index is 351. The monoisotopic (exact) mass is 274 g/mol. The van der Waals surface area contributed by atoms with Gasteiger partial charge in [-0.1, -0.05) is 0 Å². The van der Waals surface area contributed by atoms with Crippen LogP contribution in [0.5, 0.6) is 0 Å². The molecule has 0 heterocycles. The Labute approximate surface area is 113 Å². The first-order valence-electron chi connectivity index (χ1n) is 6.61. The summed E-state index contributed by atoms with van der Waals surface area (Å²) in [6.07, 6.45) is 1.44. The molecule has 2 N–H and O–H groups in total. The minimum Gasteiger partial charge on any atom is -0.481 e. The van der Waals surface area contributed by atoms with E-state index in [0.29, 0.717) is 30.8 Å². The van der Waals surface area contributed by atoms with Crippen LogP contribution in [0.3, 0.4) is 0 Å². The molecule has 0 aromatic heterocycles. The molecule has 0 aromatic rings. The van der Waals surface area contributed by atoms with Crippen LogP contribution >= 0.6 is 0 Å². The number of rotatable bonds is 5. The van der Waals surface area contributed by atoms with Crippen molar-refractivity contribution in [2.24, 2.45) is 11.2 Å². The second-order valence-corrected chi connectivity index (χ2v) is 5.81. The molecule has 0 radical (unpaired) electrons. The van der Waals surface area contributed by atoms with Gasteiger partial charge < -0.3 is 9.94 Å². The largest absolute Gasteiger partial charge is 0.481 e. The topological polar surface area (TPSA) is 85.4 Å². The molecule has 1 aliphatic rings. The van der Waals surface area contributed by atoms with Gasteiger partial charge in [-0.15, -0.1) is 5.01 Å². The van der Waals surface area contributed by atoms with Gasteiger partial charge in [0.15, 0.2) is 0 Å². The molecule has 1 aliphatic carbocycles. The van der Waals surface area contributed by atoms with Crippen molar-refractivity contribution in [3.05, 3.63) is 0 Å². The molecular weight excluding hydrogens is 250 g/mol. The molecule has 0 aromatic carbocycles. The minimum atomic E-state index is -0.795. The second-order valence-electron chi connectivity index (χ2n) is 5.81. The summed E-state index contributed by atoms with van der Waals surface area (Å²) in [6, 6.07) is 0. The SMILES string of the molecule is CCN(/[N+](O)=N/O[C@H]1CC[C@@H](C(=O)O)C1)C(C)(C)C. The number of carboxylic acid groups (broad SMARTS) is 1. The predicted octanol–water partition coefficient (Wildman–Crippen LogP) is 2.06. The molecule has 0 amide bonds. The van der Waals surface area contributed by atoms with Crippen LogP contribution < -0.4 is 0 Å². The number of aliphatic carboxylic acids is 1. The highest BCUT2D eigenvalue weighted by Gasteiger charge is 2.34. The van der Waals surface area contributed by atoms with E-state index in [2.05, 4.69) is 5.28 Å². The van der Waals surface area contributed by atoms with E-state index in [-0.39, 0.29) is 17.6 Å². The lowest BCUT2D eigenvalue weighted by atomic mass is 10.1. The summed E-state index contributed by atoms with van der Waals surface area (Å²) in [6.45, 7) is 8.33. The fourth-order valence-corrected chi connectivity index (χ4v) is 2.28. The fraction of sp³-hybridized carbons (Fsp3) is 0.917. The maximum atomic E-state index is 10.8. The zero-order chi connectivity index (χ0) is 14.6. The van der Waals surface area contributed by atoms with Crippen molar-refractivity contribution in [2.75, 3.05) is 6.54 Å². The second kappa shape index (κ2) is 6.08. The molecule has 0 spiro atoms. The van der Waals surface area contributed by atoms with Gasteiger partial charge >= 0.3 is 5.97 Å². The van der Waals surface area contributed by atoms with Crippen molar-refractivity contribution < 1.29 is 24.9 Å². The molecule has 0 saturated heterocycles. The van der Waals surface area contributed by atoms with E-state index in [4.69, 9.17) is 9.94 Å². The van der Waals surface area contributed by atoms with Crippen LogP contribution in [-0.4, -0.2) is 44.4 Å². The minimum absolute atomic E-state index is 0.241. The molecule has 0 bridgehead atoms. The molecule has 19 heavy (non-hydrogen) atoms. The number of hydrogen-bond donors (Lipinski definition) is 2. The summed E-state index contributed by atoms with van der Waals surface area (Å²) in [5, 5.41) is 24.0. The van der Waals surface area contributed by atoms with Gasteiger partial charge in [-0.3, -0.25) is 4.79 Å². The van der Waals surface area contributed by atoms with E-state index in [9.17, 15) is 10.0 Å². The zero-order valence-electron chi connectivity index (χ0n) is 12.0. The zero-order valence-corrected chi connectivity index (χ0v) is 12.0. The molecule has 0 unspecified atom stereocenters. The summed E-state index contributed by atoms with van der Waals surface area (Å²) in [7, 11) is 0. The van der Waals surface area contributed by atoms with Crippen LogP contribution in [0.4, 0.5) is 0 Å². The quantitative estimate of drug-likeness (QED) is 0.455. The Kier molecular flexibility index (Phi) is 4.97. The van der Waals surface area contributed by atoms with Crippen LogP contribution in [0, 0.1) is 5.92 Å². The number of hydrazine groups is 1. The molecule has 2 atom stereocenters. The molecule has 110 valence electrons. The van der Waals surface area contributed by atoms with Gasteiger partial charge in [0.25, 0.3) is 10.2 Å². The Morgan fingerprint density at radius 3 is 2.53 bits per heavy atom. The number of hydrogen-bond acceptors (Lipinski definition) is 3. The molecular formula is C12H24N3O4+. The van der Waals surface area contributed by atoms with E-state index in [1.807, 2.05) is 27.7 Å². The first kappa shape index (κ1) is 15.5. The molecule has 7 heteroatoms. The highest BCUT2D eigenvalue weighted by atomic mass is 16.7. The molecule has 7 nitrogen and oxygen atoms in total. The molecule has 1 fully saturated rings. The van der Waals surface area contributed by atoms with Gasteiger partial charge in [-0.05, 0) is 40.5 Å². The first-order chi connectivity index (χ1) is 8.75.